The van der Waals surface area contributed by atoms with Crippen molar-refractivity contribution < 1.29 is 88.7 Å². The molecule has 772 valence electrons. The Kier molecular flexibility index (Phi) is 30.3. The van der Waals surface area contributed by atoms with E-state index < -0.39 is 51.3 Å². The fraction of sp³-hybridized carbons (Fsp3) is 0.525. The van der Waals surface area contributed by atoms with Crippen molar-refractivity contribution in [3.63, 3.8) is 0 Å². The molecule has 0 bridgehead atoms. The summed E-state index contributed by atoms with van der Waals surface area (Å²) < 4.78 is 102. The summed E-state index contributed by atoms with van der Waals surface area (Å²) in [6, 6.07) is 19.7. The third-order valence-electron chi connectivity index (χ3n) is 28.1. The average molecular weight is 2000 g/mol. The van der Waals surface area contributed by atoms with E-state index in [9.17, 15) is 60.3 Å². The monoisotopic (exact) mass is 2000 g/mol. The summed E-state index contributed by atoms with van der Waals surface area (Å²) in [5, 5.41) is 23.8. The normalized spacial score (nSPS) is 21.2. The molecule has 18 rings (SSSR count). The van der Waals surface area contributed by atoms with Gasteiger partial charge in [0.2, 0.25) is 47.4 Å². The van der Waals surface area contributed by atoms with Crippen LogP contribution >= 0.6 is 0 Å². The van der Waals surface area contributed by atoms with Crippen molar-refractivity contribution in [2.45, 2.75) is 187 Å². The molecule has 10 heterocycles. The van der Waals surface area contributed by atoms with E-state index in [-0.39, 0.29) is 116 Å². The average Bonchev–Trinajstić information content (AvgIpc) is 1.57. The zero-order chi connectivity index (χ0) is 104. The number of methoxy groups -OCH3 is 4. The number of hydrogen-bond donors (Lipinski definition) is 8. The topological polar surface area (TPSA) is 417 Å². The first-order chi connectivity index (χ1) is 68.1. The van der Waals surface area contributed by atoms with Gasteiger partial charge in [-0.2, -0.15) is 19.9 Å². The lowest BCUT2D eigenvalue weighted by molar-refractivity contribution is -0.126. The number of rotatable bonds is 23. The van der Waals surface area contributed by atoms with Gasteiger partial charge in [-0.25, -0.2) is 41.9 Å². The van der Waals surface area contributed by atoms with Crippen LogP contribution in [0.4, 0.5) is 115 Å². The molecule has 0 spiro atoms. The van der Waals surface area contributed by atoms with E-state index in [2.05, 4.69) is 77.3 Å². The molecule has 8 N–H and O–H groups in total. The van der Waals surface area contributed by atoms with Crippen LogP contribution < -0.4 is 101 Å². The number of benzene rings is 4. The lowest BCUT2D eigenvalue weighted by Crippen LogP contribution is -2.54. The van der Waals surface area contributed by atoms with E-state index in [1.165, 1.54) is 63.4 Å². The molecule has 8 aromatic rings. The highest BCUT2D eigenvalue weighted by atomic mass is 19.3. The van der Waals surface area contributed by atoms with Crippen molar-refractivity contribution in [2.75, 3.05) is 190 Å². The highest BCUT2D eigenvalue weighted by Gasteiger charge is 2.56. The van der Waals surface area contributed by atoms with E-state index >= 15 is 0 Å². The summed E-state index contributed by atoms with van der Waals surface area (Å²) in [5.41, 5.74) is 2.29. The molecular weight excluding hydrogens is 1870 g/mol. The van der Waals surface area contributed by atoms with Crippen LogP contribution in [0.5, 0.6) is 23.0 Å². The summed E-state index contributed by atoms with van der Waals surface area (Å²) in [5.74, 6) is -1.59. The summed E-state index contributed by atoms with van der Waals surface area (Å²) in [6.07, 6.45) is 12.6. The number of fused-ring (bicyclic) bond motifs is 4. The van der Waals surface area contributed by atoms with Crippen LogP contribution in [0, 0.1) is 27.6 Å². The van der Waals surface area contributed by atoms with Gasteiger partial charge < -0.3 is 110 Å². The molecule has 6 aliphatic heterocycles. The molecule has 0 radical (unpaired) electrons. The number of alkyl halides is 5. The van der Waals surface area contributed by atoms with Gasteiger partial charge in [0.15, 0.2) is 23.3 Å². The minimum Gasteiger partial charge on any atom is -0.495 e. The molecule has 4 aromatic heterocycles. The molecule has 10 aliphatic rings. The zero-order valence-corrected chi connectivity index (χ0v) is 84.8. The molecule has 43 heteroatoms. The quantitative estimate of drug-likeness (QED) is 0.0276. The Labute approximate surface area is 833 Å². The van der Waals surface area contributed by atoms with Crippen LogP contribution in [0.15, 0.2) is 97.6 Å². The van der Waals surface area contributed by atoms with E-state index in [1.807, 2.05) is 37.5 Å². The van der Waals surface area contributed by atoms with E-state index in [1.54, 1.807) is 177 Å². The van der Waals surface area contributed by atoms with Gasteiger partial charge in [0.05, 0.1) is 110 Å². The second kappa shape index (κ2) is 41.8. The molecule has 3 atom stereocenters. The third kappa shape index (κ3) is 22.8. The smallest absolute Gasteiger partial charge is 0.252 e. The fourth-order valence-electron chi connectivity index (χ4n) is 19.6. The molecule has 144 heavy (non-hydrogen) atoms. The zero-order valence-electron chi connectivity index (χ0n) is 84.8. The van der Waals surface area contributed by atoms with Crippen molar-refractivity contribution in [3.8, 4) is 23.0 Å². The molecule has 4 aromatic carbocycles. The SMILES string of the molecule is CNC(=O)c1ccc(Nc2ncc3c(n2)N(C2CC(F)(F)C2)CC(C)(C)C(=O)N3C)c(OC)c1.CNC(=O)c1ccc(Nc2ncc3c(n2)N(CC2CC2(C)F)CC(C)(C)C(=O)N3C)c(OC)c1.COc1cc(C(=O)NC2CCOCC2)ccc1Nc1ncc2c(n1)N(C1CC(F)(F)C1)CC(C)(C)C(=O)N2C.COc1cc(C(=O)N[C@H]2CCOC2)ccc1Nc1ncc2c(n1)N(C1CCCC1)CC(C)(C)C(=O)N2C. The van der Waals surface area contributed by atoms with Crippen LogP contribution in [0.3, 0.4) is 0 Å². The van der Waals surface area contributed by atoms with Gasteiger partial charge in [0.1, 0.15) is 51.4 Å². The Morgan fingerprint density at radius 1 is 0.389 bits per heavy atom. The number of carbonyl (C=O) groups is 8. The van der Waals surface area contributed by atoms with Crippen LogP contribution in [0.2, 0.25) is 0 Å². The van der Waals surface area contributed by atoms with E-state index in [0.717, 1.165) is 37.9 Å². The van der Waals surface area contributed by atoms with Gasteiger partial charge in [0.25, 0.3) is 35.5 Å². The molecule has 4 aliphatic carbocycles. The highest BCUT2D eigenvalue weighted by Crippen LogP contribution is 2.52. The Balaban J connectivity index is 0.000000145. The Hall–Kier alpha value is -13.9. The lowest BCUT2D eigenvalue weighted by Gasteiger charge is -2.44. The number of halogens is 5. The maximum atomic E-state index is 14.4. The van der Waals surface area contributed by atoms with Gasteiger partial charge in [-0.1, -0.05) is 12.8 Å². The molecule has 4 saturated carbocycles. The number of nitrogens with zero attached hydrogens (tertiary/aromatic N) is 16. The van der Waals surface area contributed by atoms with Crippen molar-refractivity contribution in [1.29, 1.82) is 0 Å². The Morgan fingerprint density at radius 2 is 0.681 bits per heavy atom. The number of carbonyl (C=O) groups excluding carboxylic acids is 8. The minimum absolute atomic E-state index is 0.0297. The second-order valence-corrected chi connectivity index (χ2v) is 41.0. The number of anilines is 16. The van der Waals surface area contributed by atoms with Crippen molar-refractivity contribution in [3.05, 3.63) is 120 Å². The number of nitrogens with one attached hydrogen (secondary N) is 8. The van der Waals surface area contributed by atoms with E-state index in [4.69, 9.17) is 38.4 Å². The maximum Gasteiger partial charge on any atom is 0.252 e. The predicted octanol–water partition coefficient (Wildman–Crippen LogP) is 13.6. The van der Waals surface area contributed by atoms with Crippen LogP contribution in [-0.2, 0) is 28.7 Å². The Bertz CT molecular complexity index is 6160. The van der Waals surface area contributed by atoms with Crippen molar-refractivity contribution in [1.82, 2.24) is 61.1 Å². The molecule has 38 nitrogen and oxygen atoms in total. The molecule has 2 saturated heterocycles. The predicted molar refractivity (Wildman–Crippen MR) is 537 cm³/mol. The first-order valence-electron chi connectivity index (χ1n) is 48.3. The molecular formula is C101H129F5N24O14. The number of aromatic nitrogens is 8. The van der Waals surface area contributed by atoms with Gasteiger partial charge in [-0.05, 0) is 174 Å². The summed E-state index contributed by atoms with van der Waals surface area (Å²) in [4.78, 5) is 153. The minimum atomic E-state index is -2.72. The van der Waals surface area contributed by atoms with Crippen LogP contribution in [0.1, 0.15) is 181 Å². The van der Waals surface area contributed by atoms with Crippen LogP contribution in [-0.4, -0.2) is 265 Å². The first-order valence-corrected chi connectivity index (χ1v) is 48.3. The number of ether oxygens (including phenoxy) is 6. The molecule has 8 amide bonds. The summed E-state index contributed by atoms with van der Waals surface area (Å²) >= 11 is 0. The third-order valence-corrected chi connectivity index (χ3v) is 28.1. The molecule has 6 fully saturated rings. The summed E-state index contributed by atoms with van der Waals surface area (Å²) in [7, 11) is 15.9. The van der Waals surface area contributed by atoms with Crippen molar-refractivity contribution >= 4 is 140 Å². The maximum absolute atomic E-state index is 14.4. The van der Waals surface area contributed by atoms with Gasteiger partial charge in [-0.15, -0.1) is 0 Å². The van der Waals surface area contributed by atoms with Gasteiger partial charge >= 0.3 is 0 Å². The lowest BCUT2D eigenvalue weighted by atomic mass is 9.84. The number of hydrogen-bond acceptors (Lipinski definition) is 30. The standard InChI is InChI=1S/C27H34F2N6O4.C27H36N6O4.C24H31FN6O3.C23H28F2N6O3/c1-26(2)15-35(18-12-27(28,29)13-18)22-20(34(3)24(26)37)14-30-25(33-22)32-19-6-5-16(11-21(19)38-4)23(36)31-17-7-9-39-10-8-17;1-27(2)16-33(19-7-5-6-8-19)23-21(32(3)25(27)35)14-28-26(31-23)30-20-10-9-17(13-22(20)36-4)24(34)29-18-11-12-37-15-18;1-23(2)13-31(12-15-10-24(15,3)25)19-17(30(5)21(23)33)11-27-22(29-19)28-16-8-7-14(20(32)26-4)9-18(16)34-6;1-22(2)12-31(14-9-23(24,25)10-14)18-16(30(4)20(22)33)11-27-21(29-18)28-15-7-6-13(19(32)26-3)8-17(15)34-5/h5-6,11,14,17-18H,7-10,12-13,15H2,1-4H3,(H,31,36)(H,30,32,33);9-10,13-14,18-19H,5-8,11-12,15-16H2,1-4H3,(H,29,34)(H,28,30,31);7-9,11,15H,10,12-13H2,1-6H3,(H,26,32)(H,27,28,29);6-8,11,14H,9-10,12H2,1-5H3,(H,26,32)(H,27,28,29)/t;18-;;/m.0../s1. The largest absolute Gasteiger partial charge is 0.495 e. The number of amides is 8. The second-order valence-electron chi connectivity index (χ2n) is 41.0. The Morgan fingerprint density at radius 3 is 0.986 bits per heavy atom. The van der Waals surface area contributed by atoms with Crippen LogP contribution in [0.25, 0.3) is 0 Å². The van der Waals surface area contributed by atoms with Crippen molar-refractivity contribution in [2.24, 2.45) is 27.6 Å². The van der Waals surface area contributed by atoms with E-state index in [0.29, 0.717) is 179 Å². The molecule has 2 unspecified atom stereocenters. The first kappa shape index (κ1) is 104. The van der Waals surface area contributed by atoms with Gasteiger partial charge in [-0.3, -0.25) is 38.4 Å². The van der Waals surface area contributed by atoms with Gasteiger partial charge in [0, 0.05) is 173 Å². The fourth-order valence-corrected chi connectivity index (χ4v) is 19.6. The summed E-state index contributed by atoms with van der Waals surface area (Å²) in [6.45, 7) is 21.0. The highest BCUT2D eigenvalue weighted by molar-refractivity contribution is 6.05.